The van der Waals surface area contributed by atoms with Crippen molar-refractivity contribution in [2.75, 3.05) is 0 Å². The first-order valence-electron chi connectivity index (χ1n) is 8.01. The Labute approximate surface area is 172 Å². The summed E-state index contributed by atoms with van der Waals surface area (Å²) in [7, 11) is -4.19. The average molecular weight is 453 g/mol. The van der Waals surface area contributed by atoms with Gasteiger partial charge in [-0.25, -0.2) is 18.1 Å². The van der Waals surface area contributed by atoms with Crippen LogP contribution in [0.2, 0.25) is 10.0 Å². The molecule has 0 atom stereocenters. The second kappa shape index (κ2) is 7.14. The number of sulfonamides is 1. The number of aromatic nitrogens is 3. The van der Waals surface area contributed by atoms with Gasteiger partial charge in [0.2, 0.25) is 10.0 Å². The molecule has 0 unspecified atom stereocenters. The topological polar surface area (TPSA) is 135 Å². The molecule has 0 aliphatic carbocycles. The van der Waals surface area contributed by atoms with Crippen LogP contribution in [0, 0.1) is 0 Å². The van der Waals surface area contributed by atoms with Crippen LogP contribution < -0.4 is 10.3 Å². The van der Waals surface area contributed by atoms with Crippen molar-refractivity contribution < 1.29 is 17.7 Å². The van der Waals surface area contributed by atoms with Crippen LogP contribution in [-0.4, -0.2) is 29.4 Å². The average Bonchev–Trinajstić information content (AvgIpc) is 3.04. The van der Waals surface area contributed by atoms with E-state index in [4.69, 9.17) is 27.7 Å². The summed E-state index contributed by atoms with van der Waals surface area (Å²) in [5.74, 6) is -1.81. The molecule has 9 nitrogen and oxygen atoms in total. The van der Waals surface area contributed by atoms with Crippen molar-refractivity contribution >= 4 is 61.1 Å². The molecule has 4 rings (SSSR count). The largest absolute Gasteiger partial charge is 0.356 e. The zero-order chi connectivity index (χ0) is 20.8. The lowest BCUT2D eigenvalue weighted by molar-refractivity contribution is 0.0975. The second-order valence-corrected chi connectivity index (χ2v) is 8.55. The van der Waals surface area contributed by atoms with Gasteiger partial charge < -0.3 is 9.51 Å². The van der Waals surface area contributed by atoms with Crippen LogP contribution in [0.5, 0.6) is 0 Å². The number of halogens is 2. The summed E-state index contributed by atoms with van der Waals surface area (Å²) >= 11 is 11.8. The van der Waals surface area contributed by atoms with Gasteiger partial charge in [-0.05, 0) is 24.3 Å². The highest BCUT2D eigenvalue weighted by Crippen LogP contribution is 2.25. The molecule has 0 spiro atoms. The molecule has 0 aliphatic heterocycles. The maximum absolute atomic E-state index is 12.4. The van der Waals surface area contributed by atoms with Gasteiger partial charge in [0.25, 0.3) is 11.5 Å². The van der Waals surface area contributed by atoms with E-state index in [1.807, 2.05) is 4.72 Å². The van der Waals surface area contributed by atoms with Gasteiger partial charge in [0.05, 0.1) is 21.1 Å². The van der Waals surface area contributed by atoms with Gasteiger partial charge in [-0.1, -0.05) is 40.5 Å². The summed E-state index contributed by atoms with van der Waals surface area (Å²) in [4.78, 5) is 30.9. The molecular weight excluding hydrogens is 443 g/mol. The van der Waals surface area contributed by atoms with E-state index in [1.165, 1.54) is 12.1 Å². The fourth-order valence-corrected chi connectivity index (χ4v) is 4.02. The third kappa shape index (κ3) is 3.82. The second-order valence-electron chi connectivity index (χ2n) is 6.01. The number of amides is 1. The molecule has 0 saturated carbocycles. The van der Waals surface area contributed by atoms with E-state index in [0.717, 1.165) is 0 Å². The third-order valence-electron chi connectivity index (χ3n) is 3.98. The zero-order valence-corrected chi connectivity index (χ0v) is 16.6. The number of rotatable bonds is 4. The van der Waals surface area contributed by atoms with E-state index in [1.54, 1.807) is 24.3 Å². The number of H-pyrrole nitrogens is 1. The van der Waals surface area contributed by atoms with Crippen LogP contribution in [0.25, 0.3) is 22.0 Å². The summed E-state index contributed by atoms with van der Waals surface area (Å²) in [6, 6.07) is 9.41. The van der Waals surface area contributed by atoms with E-state index in [-0.39, 0.29) is 26.8 Å². The van der Waals surface area contributed by atoms with Crippen molar-refractivity contribution in [3.8, 4) is 0 Å². The Morgan fingerprint density at radius 2 is 1.90 bits per heavy atom. The van der Waals surface area contributed by atoms with Gasteiger partial charge in [0, 0.05) is 5.39 Å². The zero-order valence-electron chi connectivity index (χ0n) is 14.3. The van der Waals surface area contributed by atoms with Crippen LogP contribution in [0.4, 0.5) is 0 Å². The summed E-state index contributed by atoms with van der Waals surface area (Å²) in [6.07, 6.45) is 0. The molecule has 2 aromatic carbocycles. The molecule has 12 heteroatoms. The number of para-hydroxylation sites is 1. The number of carbonyl (C=O) groups excluding carboxylic acids is 1. The number of nitrogens with zero attached hydrogens (tertiary/aromatic N) is 2. The van der Waals surface area contributed by atoms with Crippen molar-refractivity contribution in [3.63, 3.8) is 0 Å². The Morgan fingerprint density at radius 3 is 2.69 bits per heavy atom. The Morgan fingerprint density at radius 1 is 1.17 bits per heavy atom. The van der Waals surface area contributed by atoms with Gasteiger partial charge >= 0.3 is 0 Å². The highest BCUT2D eigenvalue weighted by molar-refractivity contribution is 7.89. The fourth-order valence-electron chi connectivity index (χ4n) is 2.68. The normalized spacial score (nSPS) is 11.8. The number of nitrogens with one attached hydrogen (secondary N) is 2. The first-order valence-corrected chi connectivity index (χ1v) is 10.4. The first kappa shape index (κ1) is 19.4. The van der Waals surface area contributed by atoms with Crippen molar-refractivity contribution in [1.82, 2.24) is 19.8 Å². The number of benzene rings is 2. The van der Waals surface area contributed by atoms with Crippen LogP contribution in [0.3, 0.4) is 0 Å². The van der Waals surface area contributed by atoms with Gasteiger partial charge in [-0.3, -0.25) is 9.59 Å². The summed E-state index contributed by atoms with van der Waals surface area (Å²) in [5.41, 5.74) is -0.559. The van der Waals surface area contributed by atoms with Gasteiger partial charge in [-0.15, -0.1) is 0 Å². The SMILES string of the molecule is O=C(NS(=O)(=O)Cc1noc2ccccc12)c1nc2cc(Cl)c(Cl)cc2[nH]c1=O. The van der Waals surface area contributed by atoms with Crippen LogP contribution in [0.15, 0.2) is 45.7 Å². The summed E-state index contributed by atoms with van der Waals surface area (Å²) in [6.45, 7) is 0. The molecule has 4 aromatic rings. The number of fused-ring (bicyclic) bond motifs is 2. The third-order valence-corrected chi connectivity index (χ3v) is 5.85. The molecule has 148 valence electrons. The van der Waals surface area contributed by atoms with Crippen molar-refractivity contribution in [2.24, 2.45) is 0 Å². The Kier molecular flexibility index (Phi) is 4.77. The van der Waals surface area contributed by atoms with E-state index < -0.39 is 32.9 Å². The summed E-state index contributed by atoms with van der Waals surface area (Å²) < 4.78 is 31.7. The molecule has 0 aliphatic rings. The lowest BCUT2D eigenvalue weighted by atomic mass is 10.2. The van der Waals surface area contributed by atoms with Crippen molar-refractivity contribution in [1.29, 1.82) is 0 Å². The molecule has 1 amide bonds. The number of aromatic amines is 1. The van der Waals surface area contributed by atoms with Crippen molar-refractivity contribution in [2.45, 2.75) is 5.75 Å². The van der Waals surface area contributed by atoms with Crippen molar-refractivity contribution in [3.05, 3.63) is 68.2 Å². The molecular formula is C17H10Cl2N4O5S. The molecule has 2 heterocycles. The maximum atomic E-state index is 12.4. The number of hydrogen-bond acceptors (Lipinski definition) is 7. The predicted octanol–water partition coefficient (Wildman–Crippen LogP) is 2.63. The van der Waals surface area contributed by atoms with Gasteiger partial charge in [-0.2, -0.15) is 0 Å². The van der Waals surface area contributed by atoms with E-state index in [2.05, 4.69) is 15.1 Å². The van der Waals surface area contributed by atoms with E-state index in [9.17, 15) is 18.0 Å². The standard InChI is InChI=1S/C17H10Cl2N4O5S/c18-9-5-11-12(6-10(9)19)21-16(24)15(20-11)17(25)23-29(26,27)7-13-8-3-1-2-4-14(8)28-22-13/h1-6H,7H2,(H,21,24)(H,23,25). The predicted molar refractivity (Wildman–Crippen MR) is 106 cm³/mol. The Balaban J connectivity index is 1.63. The fraction of sp³-hybridized carbons (Fsp3) is 0.0588. The molecule has 0 fully saturated rings. The Bertz CT molecular complexity index is 1450. The number of carbonyl (C=O) groups is 1. The smallest absolute Gasteiger partial charge is 0.289 e. The van der Waals surface area contributed by atoms with E-state index >= 15 is 0 Å². The first-order chi connectivity index (χ1) is 13.7. The maximum Gasteiger partial charge on any atom is 0.289 e. The number of hydrogen-bond donors (Lipinski definition) is 2. The summed E-state index contributed by atoms with van der Waals surface area (Å²) in [5, 5.41) is 4.57. The van der Waals surface area contributed by atoms with Crippen LogP contribution >= 0.6 is 23.2 Å². The molecule has 2 aromatic heterocycles. The monoisotopic (exact) mass is 452 g/mol. The lowest BCUT2D eigenvalue weighted by Crippen LogP contribution is -2.36. The molecule has 0 saturated heterocycles. The minimum Gasteiger partial charge on any atom is -0.356 e. The Hall–Kier alpha value is -2.95. The van der Waals surface area contributed by atoms with Crippen LogP contribution in [0.1, 0.15) is 16.2 Å². The molecule has 0 bridgehead atoms. The molecule has 0 radical (unpaired) electrons. The van der Waals surface area contributed by atoms with Crippen LogP contribution in [-0.2, 0) is 15.8 Å². The molecule has 29 heavy (non-hydrogen) atoms. The highest BCUT2D eigenvalue weighted by Gasteiger charge is 2.23. The molecule has 2 N–H and O–H groups in total. The highest BCUT2D eigenvalue weighted by atomic mass is 35.5. The van der Waals surface area contributed by atoms with Gasteiger partial charge in [0.15, 0.2) is 11.3 Å². The quantitative estimate of drug-likeness (QED) is 0.485. The minimum absolute atomic E-state index is 0.128. The lowest BCUT2D eigenvalue weighted by Gasteiger charge is -2.06. The van der Waals surface area contributed by atoms with Gasteiger partial charge in [0.1, 0.15) is 11.4 Å². The minimum atomic E-state index is -4.19. The van der Waals surface area contributed by atoms with E-state index in [0.29, 0.717) is 11.0 Å².